The number of hydrogen-bond acceptors (Lipinski definition) is 4. The smallest absolute Gasteiger partial charge is 0.406 e. The molecule has 0 unspecified atom stereocenters. The molecule has 2 heterocycles. The molecule has 1 N–H and O–H groups in total. The van der Waals surface area contributed by atoms with Crippen LogP contribution in [0, 0.1) is 11.6 Å². The van der Waals surface area contributed by atoms with Gasteiger partial charge < -0.3 is 10.1 Å². The monoisotopic (exact) mass is 452 g/mol. The van der Waals surface area contributed by atoms with Crippen LogP contribution in [0.4, 0.5) is 27.6 Å². The van der Waals surface area contributed by atoms with E-state index in [2.05, 4.69) is 20.1 Å². The van der Waals surface area contributed by atoms with Gasteiger partial charge in [0.2, 0.25) is 0 Å². The van der Waals surface area contributed by atoms with Gasteiger partial charge in [-0.15, -0.1) is 13.2 Å². The van der Waals surface area contributed by atoms with Gasteiger partial charge in [0.15, 0.2) is 17.3 Å². The highest BCUT2D eigenvalue weighted by Gasteiger charge is 2.32. The Hall–Kier alpha value is -3.50. The molecular formula is C21H17F5N4O2. The standard InChI is InChI=1S/C21H17F5N4O2/c1-30-18(8-17(29-30)20(31)28-19-15(22)9-27-10-16(19)23)14-7-12(32-21(24,25)26)5-6-13(14)11-3-2-4-11/h5-11H,2-4H2,1H3,(H,27,28,31). The number of anilines is 1. The molecule has 0 saturated heterocycles. The number of halogens is 5. The third-order valence-electron chi connectivity index (χ3n) is 5.28. The number of alkyl halides is 3. The Morgan fingerprint density at radius 1 is 1.16 bits per heavy atom. The normalized spacial score (nSPS) is 14.2. The molecule has 1 aromatic carbocycles. The van der Waals surface area contributed by atoms with E-state index in [0.717, 1.165) is 37.2 Å². The van der Waals surface area contributed by atoms with Gasteiger partial charge in [-0.3, -0.25) is 14.5 Å². The number of pyridine rings is 1. The van der Waals surface area contributed by atoms with E-state index in [9.17, 15) is 26.7 Å². The molecular weight excluding hydrogens is 435 g/mol. The van der Waals surface area contributed by atoms with Crippen LogP contribution in [0.2, 0.25) is 0 Å². The van der Waals surface area contributed by atoms with E-state index >= 15 is 0 Å². The number of aromatic nitrogens is 3. The van der Waals surface area contributed by atoms with E-state index < -0.39 is 35.3 Å². The first-order valence-corrected chi connectivity index (χ1v) is 9.67. The van der Waals surface area contributed by atoms with Crippen LogP contribution in [0.3, 0.4) is 0 Å². The Morgan fingerprint density at radius 3 is 2.44 bits per heavy atom. The van der Waals surface area contributed by atoms with Crippen LogP contribution < -0.4 is 10.1 Å². The number of aryl methyl sites for hydroxylation is 1. The molecule has 3 aromatic rings. The molecule has 0 aliphatic heterocycles. The summed E-state index contributed by atoms with van der Waals surface area (Å²) in [6.45, 7) is 0. The summed E-state index contributed by atoms with van der Waals surface area (Å²) >= 11 is 0. The van der Waals surface area contributed by atoms with Crippen LogP contribution in [0.15, 0.2) is 36.7 Å². The molecule has 4 rings (SSSR count). The molecule has 32 heavy (non-hydrogen) atoms. The molecule has 11 heteroatoms. The molecule has 1 saturated carbocycles. The zero-order valence-electron chi connectivity index (χ0n) is 16.7. The number of rotatable bonds is 5. The van der Waals surface area contributed by atoms with Crippen molar-refractivity contribution in [2.24, 2.45) is 7.05 Å². The van der Waals surface area contributed by atoms with Crippen LogP contribution in [-0.4, -0.2) is 27.0 Å². The van der Waals surface area contributed by atoms with Gasteiger partial charge in [-0.25, -0.2) is 8.78 Å². The molecule has 0 spiro atoms. The molecule has 1 amide bonds. The van der Waals surface area contributed by atoms with Gasteiger partial charge in [0.1, 0.15) is 11.4 Å². The number of benzene rings is 1. The molecule has 1 aliphatic carbocycles. The van der Waals surface area contributed by atoms with Crippen molar-refractivity contribution in [2.75, 3.05) is 5.32 Å². The predicted molar refractivity (Wildman–Crippen MR) is 104 cm³/mol. The van der Waals surface area contributed by atoms with Gasteiger partial charge in [0, 0.05) is 12.6 Å². The van der Waals surface area contributed by atoms with Crippen molar-refractivity contribution >= 4 is 11.6 Å². The Morgan fingerprint density at radius 2 is 1.84 bits per heavy atom. The fourth-order valence-electron chi connectivity index (χ4n) is 3.57. The number of carbonyl (C=O) groups is 1. The van der Waals surface area contributed by atoms with E-state index in [4.69, 9.17) is 0 Å². The Labute approximate surface area is 179 Å². The fraction of sp³-hybridized carbons (Fsp3) is 0.286. The van der Waals surface area contributed by atoms with Gasteiger partial charge in [-0.05, 0) is 42.5 Å². The minimum atomic E-state index is -4.86. The maximum atomic E-state index is 13.8. The number of ether oxygens (including phenoxy) is 1. The highest BCUT2D eigenvalue weighted by molar-refractivity contribution is 6.03. The van der Waals surface area contributed by atoms with E-state index in [-0.39, 0.29) is 11.6 Å². The van der Waals surface area contributed by atoms with Crippen molar-refractivity contribution < 1.29 is 31.5 Å². The summed E-state index contributed by atoms with van der Waals surface area (Å²) in [5, 5.41) is 6.18. The minimum Gasteiger partial charge on any atom is -0.406 e. The van der Waals surface area contributed by atoms with E-state index in [0.29, 0.717) is 11.3 Å². The molecule has 1 fully saturated rings. The number of hydrogen-bond donors (Lipinski definition) is 1. The third-order valence-corrected chi connectivity index (χ3v) is 5.28. The summed E-state index contributed by atoms with van der Waals surface area (Å²) in [7, 11) is 1.52. The largest absolute Gasteiger partial charge is 0.573 e. The van der Waals surface area contributed by atoms with Gasteiger partial charge in [-0.1, -0.05) is 12.5 Å². The highest BCUT2D eigenvalue weighted by Crippen LogP contribution is 2.43. The summed E-state index contributed by atoms with van der Waals surface area (Å²) in [5.41, 5.74) is 0.770. The minimum absolute atomic E-state index is 0.164. The summed E-state index contributed by atoms with van der Waals surface area (Å²) in [6, 6.07) is 5.43. The summed E-state index contributed by atoms with van der Waals surface area (Å²) in [5.74, 6) is -3.23. The summed E-state index contributed by atoms with van der Waals surface area (Å²) in [4.78, 5) is 15.9. The molecule has 0 radical (unpaired) electrons. The lowest BCUT2D eigenvalue weighted by atomic mass is 9.77. The summed E-state index contributed by atoms with van der Waals surface area (Å²) < 4.78 is 71.1. The number of nitrogens with one attached hydrogen (secondary N) is 1. The lowest BCUT2D eigenvalue weighted by Crippen LogP contribution is -2.17. The molecule has 2 aromatic heterocycles. The van der Waals surface area contributed by atoms with Crippen molar-refractivity contribution in [3.05, 3.63) is 59.6 Å². The SMILES string of the molecule is Cn1nc(C(=O)Nc2c(F)cncc2F)cc1-c1cc(OC(F)(F)F)ccc1C1CCC1. The van der Waals surface area contributed by atoms with Gasteiger partial charge in [0.25, 0.3) is 5.91 Å². The van der Waals surface area contributed by atoms with Crippen LogP contribution in [-0.2, 0) is 7.05 Å². The van der Waals surface area contributed by atoms with Gasteiger partial charge in [-0.2, -0.15) is 5.10 Å². The van der Waals surface area contributed by atoms with Gasteiger partial charge in [0.05, 0.1) is 18.1 Å². The van der Waals surface area contributed by atoms with Crippen LogP contribution in [0.5, 0.6) is 5.75 Å². The second-order valence-corrected chi connectivity index (χ2v) is 7.40. The Balaban J connectivity index is 1.69. The predicted octanol–water partition coefficient (Wildman–Crippen LogP) is 5.18. The molecule has 6 nitrogen and oxygen atoms in total. The van der Waals surface area contributed by atoms with Crippen molar-refractivity contribution in [2.45, 2.75) is 31.5 Å². The maximum absolute atomic E-state index is 13.8. The van der Waals surface area contributed by atoms with Crippen LogP contribution >= 0.6 is 0 Å². The fourth-order valence-corrected chi connectivity index (χ4v) is 3.57. The Bertz CT molecular complexity index is 1150. The zero-order valence-corrected chi connectivity index (χ0v) is 16.7. The number of carbonyl (C=O) groups excluding carboxylic acids is 1. The first-order chi connectivity index (χ1) is 15.1. The first kappa shape index (κ1) is 21.7. The second kappa shape index (κ2) is 8.21. The van der Waals surface area contributed by atoms with E-state index in [1.54, 1.807) is 6.07 Å². The van der Waals surface area contributed by atoms with Crippen LogP contribution in [0.25, 0.3) is 11.3 Å². The lowest BCUT2D eigenvalue weighted by molar-refractivity contribution is -0.274. The number of amides is 1. The topological polar surface area (TPSA) is 69.0 Å². The maximum Gasteiger partial charge on any atom is 0.573 e. The average Bonchev–Trinajstić information content (AvgIpc) is 3.05. The molecule has 168 valence electrons. The first-order valence-electron chi connectivity index (χ1n) is 9.67. The van der Waals surface area contributed by atoms with E-state index in [1.807, 2.05) is 0 Å². The quantitative estimate of drug-likeness (QED) is 0.542. The second-order valence-electron chi connectivity index (χ2n) is 7.40. The van der Waals surface area contributed by atoms with Crippen molar-refractivity contribution in [1.82, 2.24) is 14.8 Å². The van der Waals surface area contributed by atoms with Crippen molar-refractivity contribution in [1.29, 1.82) is 0 Å². The third kappa shape index (κ3) is 4.41. The molecule has 1 aliphatic rings. The highest BCUT2D eigenvalue weighted by atomic mass is 19.4. The molecule has 0 atom stereocenters. The Kier molecular flexibility index (Phi) is 5.57. The van der Waals surface area contributed by atoms with Crippen molar-refractivity contribution in [3.8, 4) is 17.0 Å². The summed E-state index contributed by atoms with van der Waals surface area (Å²) in [6.07, 6.45) is -0.575. The van der Waals surface area contributed by atoms with Gasteiger partial charge >= 0.3 is 6.36 Å². The van der Waals surface area contributed by atoms with Crippen molar-refractivity contribution in [3.63, 3.8) is 0 Å². The van der Waals surface area contributed by atoms with E-state index in [1.165, 1.54) is 29.9 Å². The zero-order chi connectivity index (χ0) is 23.0. The van der Waals surface area contributed by atoms with Crippen LogP contribution in [0.1, 0.15) is 41.2 Å². The molecule has 0 bridgehead atoms. The lowest BCUT2D eigenvalue weighted by Gasteiger charge is -2.28. The number of nitrogens with zero attached hydrogens (tertiary/aromatic N) is 3. The average molecular weight is 452 g/mol.